The summed E-state index contributed by atoms with van der Waals surface area (Å²) in [5.41, 5.74) is 6.36. The van der Waals surface area contributed by atoms with Crippen molar-refractivity contribution < 1.29 is 9.90 Å². The van der Waals surface area contributed by atoms with Crippen LogP contribution in [-0.2, 0) is 11.3 Å². The Labute approximate surface area is 101 Å². The summed E-state index contributed by atoms with van der Waals surface area (Å²) in [7, 11) is 0. The molecule has 0 aromatic carbocycles. The standard InChI is InChI=1S/C12H19N3O2/c13-6-2-1-5-11(12(16)17)15-9-10-4-3-7-14-8-10/h3-4,7-8,11,15H,1-2,5-6,9,13H2,(H,16,17). The van der Waals surface area contributed by atoms with E-state index in [0.717, 1.165) is 18.4 Å². The highest BCUT2D eigenvalue weighted by Crippen LogP contribution is 2.03. The van der Waals surface area contributed by atoms with Gasteiger partial charge in [-0.3, -0.25) is 9.78 Å². The normalized spacial score (nSPS) is 12.3. The third-order valence-electron chi connectivity index (χ3n) is 2.52. The monoisotopic (exact) mass is 237 g/mol. The molecule has 0 bridgehead atoms. The first-order valence-corrected chi connectivity index (χ1v) is 5.79. The van der Waals surface area contributed by atoms with Gasteiger partial charge in [0.05, 0.1) is 0 Å². The molecule has 0 spiro atoms. The van der Waals surface area contributed by atoms with Crippen LogP contribution in [0.5, 0.6) is 0 Å². The Bertz CT molecular complexity index is 330. The van der Waals surface area contributed by atoms with Gasteiger partial charge in [0.2, 0.25) is 0 Å². The first kappa shape index (κ1) is 13.6. The summed E-state index contributed by atoms with van der Waals surface area (Å²) >= 11 is 0. The number of carboxylic acid groups (broad SMARTS) is 1. The van der Waals surface area contributed by atoms with Crippen molar-refractivity contribution in [3.8, 4) is 0 Å². The number of nitrogens with zero attached hydrogens (tertiary/aromatic N) is 1. The summed E-state index contributed by atoms with van der Waals surface area (Å²) in [6.07, 6.45) is 5.71. The highest BCUT2D eigenvalue weighted by Gasteiger charge is 2.15. The van der Waals surface area contributed by atoms with E-state index in [1.54, 1.807) is 12.4 Å². The number of unbranched alkanes of at least 4 members (excludes halogenated alkanes) is 1. The van der Waals surface area contributed by atoms with Crippen LogP contribution in [0.3, 0.4) is 0 Å². The Morgan fingerprint density at radius 2 is 2.35 bits per heavy atom. The molecule has 1 atom stereocenters. The fraction of sp³-hybridized carbons (Fsp3) is 0.500. The van der Waals surface area contributed by atoms with Crippen molar-refractivity contribution in [3.05, 3.63) is 30.1 Å². The molecule has 1 rings (SSSR count). The number of rotatable bonds is 8. The van der Waals surface area contributed by atoms with E-state index in [0.29, 0.717) is 19.5 Å². The van der Waals surface area contributed by atoms with Crippen LogP contribution in [0, 0.1) is 0 Å². The van der Waals surface area contributed by atoms with Gasteiger partial charge < -0.3 is 16.2 Å². The molecular weight excluding hydrogens is 218 g/mol. The van der Waals surface area contributed by atoms with Crippen LogP contribution in [-0.4, -0.2) is 28.6 Å². The minimum atomic E-state index is -0.814. The topological polar surface area (TPSA) is 88.2 Å². The minimum absolute atomic E-state index is 0.512. The second-order valence-electron chi connectivity index (χ2n) is 3.92. The quantitative estimate of drug-likeness (QED) is 0.581. The lowest BCUT2D eigenvalue weighted by Gasteiger charge is -2.13. The Morgan fingerprint density at radius 3 is 2.94 bits per heavy atom. The second-order valence-corrected chi connectivity index (χ2v) is 3.92. The third-order valence-corrected chi connectivity index (χ3v) is 2.52. The van der Waals surface area contributed by atoms with Gasteiger partial charge in [-0.05, 0) is 31.0 Å². The molecule has 0 amide bonds. The van der Waals surface area contributed by atoms with Crippen molar-refractivity contribution in [2.45, 2.75) is 31.8 Å². The van der Waals surface area contributed by atoms with Gasteiger partial charge in [-0.25, -0.2) is 0 Å². The number of carbonyl (C=O) groups is 1. The van der Waals surface area contributed by atoms with Crippen molar-refractivity contribution in [2.75, 3.05) is 6.54 Å². The predicted molar refractivity (Wildman–Crippen MR) is 65.4 cm³/mol. The molecule has 4 N–H and O–H groups in total. The smallest absolute Gasteiger partial charge is 0.320 e. The van der Waals surface area contributed by atoms with E-state index in [9.17, 15) is 4.79 Å². The van der Waals surface area contributed by atoms with E-state index in [1.807, 2.05) is 12.1 Å². The zero-order chi connectivity index (χ0) is 12.5. The summed E-state index contributed by atoms with van der Waals surface area (Å²) in [4.78, 5) is 15.0. The zero-order valence-corrected chi connectivity index (χ0v) is 9.80. The summed E-state index contributed by atoms with van der Waals surface area (Å²) in [5.74, 6) is -0.814. The number of pyridine rings is 1. The molecule has 5 heteroatoms. The van der Waals surface area contributed by atoms with E-state index in [-0.39, 0.29) is 0 Å². The second kappa shape index (κ2) is 7.76. The third kappa shape index (κ3) is 5.42. The molecule has 0 aliphatic carbocycles. The molecule has 1 unspecified atom stereocenters. The van der Waals surface area contributed by atoms with Gasteiger partial charge in [0.15, 0.2) is 0 Å². The average molecular weight is 237 g/mol. The maximum Gasteiger partial charge on any atom is 0.320 e. The lowest BCUT2D eigenvalue weighted by Crippen LogP contribution is -2.36. The fourth-order valence-electron chi connectivity index (χ4n) is 1.55. The average Bonchev–Trinajstić information content (AvgIpc) is 2.34. The summed E-state index contributed by atoms with van der Waals surface area (Å²) in [6.45, 7) is 1.13. The van der Waals surface area contributed by atoms with Crippen molar-refractivity contribution in [1.29, 1.82) is 0 Å². The van der Waals surface area contributed by atoms with E-state index >= 15 is 0 Å². The number of hydrogen-bond donors (Lipinski definition) is 3. The Kier molecular flexibility index (Phi) is 6.21. The highest BCUT2D eigenvalue weighted by atomic mass is 16.4. The molecule has 0 saturated carbocycles. The number of carboxylic acids is 1. The molecule has 0 aliphatic rings. The van der Waals surface area contributed by atoms with E-state index < -0.39 is 12.0 Å². The lowest BCUT2D eigenvalue weighted by molar-refractivity contribution is -0.139. The maximum absolute atomic E-state index is 11.0. The molecule has 0 radical (unpaired) electrons. The van der Waals surface area contributed by atoms with Crippen molar-refractivity contribution in [2.24, 2.45) is 5.73 Å². The van der Waals surface area contributed by atoms with Crippen LogP contribution < -0.4 is 11.1 Å². The molecule has 0 saturated heterocycles. The number of aliphatic carboxylic acids is 1. The van der Waals surface area contributed by atoms with Gasteiger partial charge in [-0.1, -0.05) is 12.5 Å². The van der Waals surface area contributed by atoms with E-state index in [2.05, 4.69) is 10.3 Å². The summed E-state index contributed by atoms with van der Waals surface area (Å²) in [5, 5.41) is 12.1. The molecular formula is C12H19N3O2. The number of aromatic nitrogens is 1. The van der Waals surface area contributed by atoms with Gasteiger partial charge in [-0.2, -0.15) is 0 Å². The van der Waals surface area contributed by atoms with Crippen LogP contribution in [0.4, 0.5) is 0 Å². The molecule has 1 aromatic heterocycles. The first-order chi connectivity index (χ1) is 8.24. The molecule has 1 heterocycles. The minimum Gasteiger partial charge on any atom is -0.480 e. The van der Waals surface area contributed by atoms with E-state index in [1.165, 1.54) is 0 Å². The lowest BCUT2D eigenvalue weighted by atomic mass is 10.1. The molecule has 17 heavy (non-hydrogen) atoms. The zero-order valence-electron chi connectivity index (χ0n) is 9.80. The Hall–Kier alpha value is -1.46. The molecule has 5 nitrogen and oxygen atoms in total. The van der Waals surface area contributed by atoms with Crippen LogP contribution in [0.1, 0.15) is 24.8 Å². The fourth-order valence-corrected chi connectivity index (χ4v) is 1.55. The van der Waals surface area contributed by atoms with Gasteiger partial charge >= 0.3 is 5.97 Å². The predicted octanol–water partition coefficient (Wildman–Crippen LogP) is 0.753. The highest BCUT2D eigenvalue weighted by molar-refractivity contribution is 5.73. The van der Waals surface area contributed by atoms with E-state index in [4.69, 9.17) is 10.8 Å². The molecule has 1 aromatic rings. The molecule has 0 fully saturated rings. The van der Waals surface area contributed by atoms with Crippen molar-refractivity contribution in [3.63, 3.8) is 0 Å². The summed E-state index contributed by atoms with van der Waals surface area (Å²) in [6, 6.07) is 3.24. The number of hydrogen-bond acceptors (Lipinski definition) is 4. The summed E-state index contributed by atoms with van der Waals surface area (Å²) < 4.78 is 0. The Morgan fingerprint density at radius 1 is 1.53 bits per heavy atom. The van der Waals surface area contributed by atoms with Crippen LogP contribution >= 0.6 is 0 Å². The van der Waals surface area contributed by atoms with Crippen LogP contribution in [0.15, 0.2) is 24.5 Å². The van der Waals surface area contributed by atoms with Crippen LogP contribution in [0.2, 0.25) is 0 Å². The molecule has 94 valence electrons. The number of nitrogens with one attached hydrogen (secondary N) is 1. The maximum atomic E-state index is 11.0. The van der Waals surface area contributed by atoms with Gasteiger partial charge in [0.1, 0.15) is 6.04 Å². The van der Waals surface area contributed by atoms with Gasteiger partial charge in [0, 0.05) is 18.9 Å². The van der Waals surface area contributed by atoms with Crippen molar-refractivity contribution in [1.82, 2.24) is 10.3 Å². The SMILES string of the molecule is NCCCCC(NCc1cccnc1)C(=O)O. The van der Waals surface area contributed by atoms with Gasteiger partial charge in [0.25, 0.3) is 0 Å². The number of nitrogens with two attached hydrogens (primary N) is 1. The van der Waals surface area contributed by atoms with Crippen LogP contribution in [0.25, 0.3) is 0 Å². The van der Waals surface area contributed by atoms with Crippen molar-refractivity contribution >= 4 is 5.97 Å². The molecule has 0 aliphatic heterocycles. The Balaban J connectivity index is 2.36. The van der Waals surface area contributed by atoms with Gasteiger partial charge in [-0.15, -0.1) is 0 Å². The largest absolute Gasteiger partial charge is 0.480 e. The first-order valence-electron chi connectivity index (χ1n) is 5.79.